The lowest BCUT2D eigenvalue weighted by molar-refractivity contribution is 0.0897. The van der Waals surface area contributed by atoms with Crippen LogP contribution in [0.2, 0.25) is 0 Å². The smallest absolute Gasteiger partial charge is 0.323 e. The molecule has 1 aromatic carbocycles. The van der Waals surface area contributed by atoms with Crippen molar-refractivity contribution in [1.29, 1.82) is 0 Å². The van der Waals surface area contributed by atoms with Gasteiger partial charge in [-0.25, -0.2) is 4.79 Å². The molecule has 12 nitrogen and oxygen atoms in total. The molecule has 2 amide bonds. The van der Waals surface area contributed by atoms with Gasteiger partial charge in [0.15, 0.2) is 5.82 Å². The van der Waals surface area contributed by atoms with E-state index >= 15 is 0 Å². The maximum absolute atomic E-state index is 12.3. The zero-order chi connectivity index (χ0) is 24.3. The van der Waals surface area contributed by atoms with Gasteiger partial charge in [-0.05, 0) is 43.2 Å². The fraction of sp³-hybridized carbons (Fsp3) is 0.417. The molecule has 6 rings (SSSR count). The van der Waals surface area contributed by atoms with E-state index in [9.17, 15) is 4.79 Å². The highest BCUT2D eigenvalue weighted by atomic mass is 16.5. The summed E-state index contributed by atoms with van der Waals surface area (Å²) in [6.45, 7) is 4.17. The summed E-state index contributed by atoms with van der Waals surface area (Å²) in [5.74, 6) is 1.97. The number of hydrogen-bond acceptors (Lipinski definition) is 10. The van der Waals surface area contributed by atoms with Crippen LogP contribution in [-0.4, -0.2) is 82.8 Å². The van der Waals surface area contributed by atoms with Gasteiger partial charge in [-0.3, -0.25) is 0 Å². The van der Waals surface area contributed by atoms with E-state index in [2.05, 4.69) is 30.6 Å². The quantitative estimate of drug-likeness (QED) is 0.550. The van der Waals surface area contributed by atoms with Crippen molar-refractivity contribution in [2.24, 2.45) is 0 Å². The predicted octanol–water partition coefficient (Wildman–Crippen LogP) is 2.18. The Morgan fingerprint density at radius 1 is 0.833 bits per heavy atom. The Bertz CT molecular complexity index is 1190. The highest BCUT2D eigenvalue weighted by Gasteiger charge is 2.39. The van der Waals surface area contributed by atoms with Gasteiger partial charge in [-0.15, -0.1) is 0 Å². The molecule has 2 unspecified atom stereocenters. The van der Waals surface area contributed by atoms with Gasteiger partial charge >= 0.3 is 6.03 Å². The fourth-order valence-electron chi connectivity index (χ4n) is 4.82. The van der Waals surface area contributed by atoms with Crippen molar-refractivity contribution in [3.8, 4) is 11.4 Å². The lowest BCUT2D eigenvalue weighted by atomic mass is 10.2. The molecule has 0 radical (unpaired) electrons. The molecule has 2 aromatic heterocycles. The summed E-state index contributed by atoms with van der Waals surface area (Å²) in [5, 5.41) is 13.0. The molecule has 3 aromatic rings. The van der Waals surface area contributed by atoms with E-state index < -0.39 is 0 Å². The molecule has 3 fully saturated rings. The first kappa shape index (κ1) is 22.6. The largest absolute Gasteiger partial charge is 0.378 e. The lowest BCUT2D eigenvalue weighted by Crippen LogP contribution is -2.47. The number of hydrogen-bond donors (Lipinski definition) is 2. The van der Waals surface area contributed by atoms with E-state index in [1.165, 1.54) is 12.4 Å². The summed E-state index contributed by atoms with van der Waals surface area (Å²) in [7, 11) is 0. The Balaban J connectivity index is 1.25. The van der Waals surface area contributed by atoms with Crippen molar-refractivity contribution >= 4 is 29.3 Å². The van der Waals surface area contributed by atoms with Crippen molar-refractivity contribution in [2.45, 2.75) is 24.9 Å². The van der Waals surface area contributed by atoms with Crippen molar-refractivity contribution in [2.75, 3.05) is 60.0 Å². The first-order chi connectivity index (χ1) is 17.7. The number of carbonyl (C=O) groups is 1. The third-order valence-electron chi connectivity index (χ3n) is 6.62. The van der Waals surface area contributed by atoms with Gasteiger partial charge in [0.05, 0.1) is 56.6 Å². The zero-order valence-corrected chi connectivity index (χ0v) is 19.7. The van der Waals surface area contributed by atoms with Crippen LogP contribution in [0.5, 0.6) is 0 Å². The second-order valence-corrected chi connectivity index (χ2v) is 8.98. The predicted molar refractivity (Wildman–Crippen MR) is 133 cm³/mol. The maximum atomic E-state index is 12.3. The average molecular weight is 490 g/mol. The fourth-order valence-corrected chi connectivity index (χ4v) is 4.82. The molecule has 2 atom stereocenters. The van der Waals surface area contributed by atoms with E-state index in [0.29, 0.717) is 55.5 Å². The molecule has 5 heterocycles. The Labute approximate surface area is 208 Å². The van der Waals surface area contributed by atoms with Crippen LogP contribution in [0, 0.1) is 0 Å². The number of urea groups is 1. The number of nitrogens with zero attached hydrogens (tertiary/aromatic N) is 7. The Morgan fingerprint density at radius 3 is 2.28 bits per heavy atom. The number of fused-ring (bicyclic) bond motifs is 2. The number of carbonyl (C=O) groups excluding carboxylic acids is 1. The minimum atomic E-state index is -0.365. The zero-order valence-electron chi connectivity index (χ0n) is 19.7. The monoisotopic (exact) mass is 489 g/mol. The molecule has 186 valence electrons. The number of benzene rings is 1. The SMILES string of the molecule is O=C(Nc1ccc(-c2nc(N3CCOCC3)nc(N3C4CCC3COC4)n2)cc1)Nc1ccnnc1. The molecular weight excluding hydrogens is 462 g/mol. The standard InChI is InChI=1S/C24H27N9O3/c34-24(28-18-7-8-25-26-13-18)27-17-3-1-16(2-4-17)21-29-22(32-9-11-35-12-10-32)31-23(30-21)33-19-5-6-20(33)15-36-14-19/h1-4,7-8,13,19-20H,5-6,9-12,14-15H2,(H2,25,27,28,34). The lowest BCUT2D eigenvalue weighted by Gasteiger charge is -2.35. The number of ether oxygens (including phenoxy) is 2. The molecular formula is C24H27N9O3. The van der Waals surface area contributed by atoms with Gasteiger partial charge in [-0.1, -0.05) is 0 Å². The molecule has 3 aliphatic rings. The highest BCUT2D eigenvalue weighted by Crippen LogP contribution is 2.33. The van der Waals surface area contributed by atoms with Crippen LogP contribution in [0.1, 0.15) is 12.8 Å². The van der Waals surface area contributed by atoms with Crippen molar-refractivity contribution in [1.82, 2.24) is 25.1 Å². The van der Waals surface area contributed by atoms with E-state index in [4.69, 9.17) is 24.4 Å². The number of aromatic nitrogens is 5. The van der Waals surface area contributed by atoms with Crippen LogP contribution in [-0.2, 0) is 9.47 Å². The van der Waals surface area contributed by atoms with Gasteiger partial charge < -0.3 is 29.9 Å². The molecule has 36 heavy (non-hydrogen) atoms. The van der Waals surface area contributed by atoms with Crippen molar-refractivity contribution in [3.63, 3.8) is 0 Å². The Hall–Kier alpha value is -3.90. The third kappa shape index (κ3) is 4.77. The van der Waals surface area contributed by atoms with E-state index in [0.717, 1.165) is 31.5 Å². The minimum absolute atomic E-state index is 0.289. The van der Waals surface area contributed by atoms with Crippen LogP contribution in [0.4, 0.5) is 28.1 Å². The molecule has 2 N–H and O–H groups in total. The minimum Gasteiger partial charge on any atom is -0.378 e. The van der Waals surface area contributed by atoms with E-state index in [1.54, 1.807) is 6.07 Å². The second-order valence-electron chi connectivity index (χ2n) is 8.98. The molecule has 0 aliphatic carbocycles. The Kier molecular flexibility index (Phi) is 6.26. The van der Waals surface area contributed by atoms with Gasteiger partial charge in [-0.2, -0.15) is 25.1 Å². The van der Waals surface area contributed by atoms with Crippen molar-refractivity contribution < 1.29 is 14.3 Å². The number of anilines is 4. The number of amides is 2. The van der Waals surface area contributed by atoms with Crippen LogP contribution >= 0.6 is 0 Å². The number of rotatable bonds is 5. The summed E-state index contributed by atoms with van der Waals surface area (Å²) in [6.07, 6.45) is 5.15. The van der Waals surface area contributed by atoms with Crippen LogP contribution in [0.3, 0.4) is 0 Å². The topological polar surface area (TPSA) is 131 Å². The normalized spacial score (nSPS) is 21.3. The molecule has 2 bridgehead atoms. The first-order valence-electron chi connectivity index (χ1n) is 12.1. The van der Waals surface area contributed by atoms with E-state index in [-0.39, 0.29) is 18.1 Å². The Morgan fingerprint density at radius 2 is 1.56 bits per heavy atom. The first-order valence-corrected chi connectivity index (χ1v) is 12.1. The van der Waals surface area contributed by atoms with Gasteiger partial charge in [0.25, 0.3) is 0 Å². The van der Waals surface area contributed by atoms with Crippen LogP contribution < -0.4 is 20.4 Å². The molecule has 3 aliphatic heterocycles. The van der Waals surface area contributed by atoms with Gasteiger partial charge in [0.2, 0.25) is 11.9 Å². The molecule has 12 heteroatoms. The summed E-state index contributed by atoms with van der Waals surface area (Å²) in [5.41, 5.74) is 2.05. The summed E-state index contributed by atoms with van der Waals surface area (Å²) < 4.78 is 11.3. The summed E-state index contributed by atoms with van der Waals surface area (Å²) in [6, 6.07) is 9.34. The summed E-state index contributed by atoms with van der Waals surface area (Å²) >= 11 is 0. The molecule has 0 saturated carbocycles. The average Bonchev–Trinajstić information content (AvgIpc) is 3.18. The van der Waals surface area contributed by atoms with Gasteiger partial charge in [0, 0.05) is 24.3 Å². The van der Waals surface area contributed by atoms with E-state index in [1.807, 2.05) is 24.3 Å². The second kappa shape index (κ2) is 9.99. The number of morpholine rings is 2. The van der Waals surface area contributed by atoms with Crippen molar-refractivity contribution in [3.05, 3.63) is 42.7 Å². The summed E-state index contributed by atoms with van der Waals surface area (Å²) in [4.78, 5) is 31.4. The van der Waals surface area contributed by atoms with Crippen LogP contribution in [0.25, 0.3) is 11.4 Å². The maximum Gasteiger partial charge on any atom is 0.323 e. The number of nitrogens with one attached hydrogen (secondary N) is 2. The van der Waals surface area contributed by atoms with Crippen LogP contribution in [0.15, 0.2) is 42.7 Å². The third-order valence-corrected chi connectivity index (χ3v) is 6.62. The highest BCUT2D eigenvalue weighted by molar-refractivity contribution is 5.99. The molecule has 3 saturated heterocycles. The van der Waals surface area contributed by atoms with Gasteiger partial charge in [0.1, 0.15) is 0 Å². The molecule has 0 spiro atoms.